The Hall–Kier alpha value is 1.51. The van der Waals surface area contributed by atoms with Gasteiger partial charge in [0.25, 0.3) is 0 Å². The maximum Gasteiger partial charge on any atom is 1.00 e. The molecule has 0 heterocycles. The van der Waals surface area contributed by atoms with Gasteiger partial charge in [0.15, 0.2) is 0 Å². The van der Waals surface area contributed by atoms with Gasteiger partial charge in [-0.3, -0.25) is 0 Å². The van der Waals surface area contributed by atoms with Gasteiger partial charge in [-0.15, -0.1) is 0 Å². The van der Waals surface area contributed by atoms with Gasteiger partial charge in [-0.2, -0.15) is 0 Å². The first-order chi connectivity index (χ1) is 11.5. The first-order valence-electron chi connectivity index (χ1n) is 10.1. The smallest absolute Gasteiger partial charge is 0.748 e. The van der Waals surface area contributed by atoms with Crippen LogP contribution in [0, 0.1) is 0 Å². The Labute approximate surface area is 199 Å². The number of hydrogen-bond donors (Lipinski definition) is 1. The first-order valence-corrected chi connectivity index (χ1v) is 11.6. The summed E-state index contributed by atoms with van der Waals surface area (Å²) in [7, 11) is -4.01. The molecule has 0 aromatic heterocycles. The summed E-state index contributed by atoms with van der Waals surface area (Å²) in [6.45, 7) is 2.16. The van der Waals surface area contributed by atoms with E-state index in [0.29, 0.717) is 6.42 Å². The largest absolute Gasteiger partial charge is 1.00 e. The van der Waals surface area contributed by atoms with Gasteiger partial charge in [-0.25, -0.2) is 8.42 Å². The molecular weight excluding hydrogens is 363 g/mol. The fourth-order valence-corrected chi connectivity index (χ4v) is 3.57. The molecule has 1 unspecified atom stereocenters. The predicted octanol–water partition coefficient (Wildman–Crippen LogP) is 2.16. The van der Waals surface area contributed by atoms with Crippen LogP contribution in [-0.2, 0) is 10.1 Å². The van der Waals surface area contributed by atoms with E-state index in [1.54, 1.807) is 0 Å². The molecule has 6 heteroatoms. The van der Waals surface area contributed by atoms with Crippen molar-refractivity contribution in [3.05, 3.63) is 0 Å². The maximum atomic E-state index is 10.4. The number of aliphatic hydroxyl groups is 1. The van der Waals surface area contributed by atoms with Crippen LogP contribution in [0.5, 0.6) is 0 Å². The fraction of sp³-hybridized carbons (Fsp3) is 1.00. The van der Waals surface area contributed by atoms with Gasteiger partial charge in [0.1, 0.15) is 0 Å². The summed E-state index contributed by atoms with van der Waals surface area (Å²) in [4.78, 5) is 0. The van der Waals surface area contributed by atoms with Crippen molar-refractivity contribution in [2.75, 3.05) is 5.75 Å². The topological polar surface area (TPSA) is 77.4 Å². The summed E-state index contributed by atoms with van der Waals surface area (Å²) in [6.07, 6.45) is 17.7. The predicted molar refractivity (Wildman–Crippen MR) is 100 cm³/mol. The summed E-state index contributed by atoms with van der Waals surface area (Å²) in [5.74, 6) is -0.206. The van der Waals surface area contributed by atoms with Gasteiger partial charge < -0.3 is 9.66 Å². The van der Waals surface area contributed by atoms with Gasteiger partial charge in [0, 0.05) is 5.75 Å². The molecule has 0 amide bonds. The van der Waals surface area contributed by atoms with E-state index in [1.807, 2.05) is 0 Å². The third kappa shape index (κ3) is 25.5. The monoisotopic (exact) mass is 402 g/mol. The van der Waals surface area contributed by atoms with Crippen LogP contribution in [0.25, 0.3) is 0 Å². The van der Waals surface area contributed by atoms with Crippen molar-refractivity contribution in [1.82, 2.24) is 0 Å². The molecule has 0 saturated carbocycles. The standard InChI is InChI=1S/C19H40O4S.K/c1-2-3-16-19(20)17-14-12-10-8-6-4-5-7-9-11-13-15-18-24(21,22)23;/h19-20H,2-18H2,1H3,(H,21,22,23);/q;+1/p-1. The molecule has 4 nitrogen and oxygen atoms in total. The average Bonchev–Trinajstić information content (AvgIpc) is 2.52. The van der Waals surface area contributed by atoms with E-state index >= 15 is 0 Å². The molecule has 1 N–H and O–H groups in total. The summed E-state index contributed by atoms with van der Waals surface area (Å²) in [5.41, 5.74) is 0. The Morgan fingerprint density at radius 3 is 1.48 bits per heavy atom. The molecule has 0 aromatic rings. The third-order valence-electron chi connectivity index (χ3n) is 4.57. The Bertz CT molecular complexity index is 360. The summed E-state index contributed by atoms with van der Waals surface area (Å²) >= 11 is 0. The van der Waals surface area contributed by atoms with Crippen molar-refractivity contribution in [3.63, 3.8) is 0 Å². The molecule has 146 valence electrons. The minimum absolute atomic E-state index is 0. The van der Waals surface area contributed by atoms with Crippen molar-refractivity contribution in [2.24, 2.45) is 0 Å². The summed E-state index contributed by atoms with van der Waals surface area (Å²) in [6, 6.07) is 0. The van der Waals surface area contributed by atoms with Crippen molar-refractivity contribution in [2.45, 2.75) is 116 Å². The van der Waals surface area contributed by atoms with Crippen LogP contribution in [0.4, 0.5) is 0 Å². The second-order valence-electron chi connectivity index (χ2n) is 7.09. The summed E-state index contributed by atoms with van der Waals surface area (Å²) < 4.78 is 31.3. The molecule has 0 aliphatic heterocycles. The molecule has 0 bridgehead atoms. The maximum absolute atomic E-state index is 10.4. The first kappa shape index (κ1) is 28.7. The summed E-state index contributed by atoms with van der Waals surface area (Å²) in [5, 5.41) is 9.75. The van der Waals surface area contributed by atoms with Crippen LogP contribution < -0.4 is 51.4 Å². The van der Waals surface area contributed by atoms with Gasteiger partial charge in [-0.1, -0.05) is 90.4 Å². The van der Waals surface area contributed by atoms with Gasteiger partial charge in [0.05, 0.1) is 16.2 Å². The van der Waals surface area contributed by atoms with Crippen LogP contribution in [-0.4, -0.2) is 29.9 Å². The zero-order valence-electron chi connectivity index (χ0n) is 16.7. The van der Waals surface area contributed by atoms with E-state index in [1.165, 1.54) is 51.4 Å². The number of hydrogen-bond acceptors (Lipinski definition) is 4. The zero-order chi connectivity index (χ0) is 18.1. The van der Waals surface area contributed by atoms with Crippen molar-refractivity contribution < 1.29 is 69.5 Å². The number of aliphatic hydroxyl groups excluding tert-OH is 1. The normalized spacial score (nSPS) is 12.8. The SMILES string of the molecule is CCCCC(O)CCCCCCCCCCCCCCS(=O)(=O)[O-].[K+]. The minimum atomic E-state index is -4.01. The van der Waals surface area contributed by atoms with Crippen molar-refractivity contribution in [3.8, 4) is 0 Å². The fourth-order valence-electron chi connectivity index (χ4n) is 3.01. The molecule has 0 aliphatic carbocycles. The number of rotatable bonds is 18. The van der Waals surface area contributed by atoms with E-state index in [-0.39, 0.29) is 63.2 Å². The Kier molecular flexibility index (Phi) is 23.3. The van der Waals surface area contributed by atoms with Gasteiger partial charge >= 0.3 is 51.4 Å². The molecule has 0 saturated heterocycles. The quantitative estimate of drug-likeness (QED) is 0.216. The molecule has 25 heavy (non-hydrogen) atoms. The third-order valence-corrected chi connectivity index (χ3v) is 5.36. The Balaban J connectivity index is 0. The van der Waals surface area contributed by atoms with Crippen LogP contribution in [0.1, 0.15) is 110 Å². The molecular formula is C19H39KO4S. The van der Waals surface area contributed by atoms with Gasteiger partial charge in [0.2, 0.25) is 0 Å². The average molecular weight is 403 g/mol. The van der Waals surface area contributed by atoms with Crippen molar-refractivity contribution >= 4 is 10.1 Å². The molecule has 1 atom stereocenters. The minimum Gasteiger partial charge on any atom is -0.748 e. The van der Waals surface area contributed by atoms with Gasteiger partial charge in [-0.05, 0) is 19.3 Å². The van der Waals surface area contributed by atoms with E-state index < -0.39 is 10.1 Å². The second-order valence-corrected chi connectivity index (χ2v) is 8.61. The van der Waals surface area contributed by atoms with E-state index in [0.717, 1.165) is 44.9 Å². The second kappa shape index (κ2) is 20.2. The van der Waals surface area contributed by atoms with E-state index in [2.05, 4.69) is 6.92 Å². The number of unbranched alkanes of at least 4 members (excludes halogenated alkanes) is 12. The molecule has 0 radical (unpaired) electrons. The van der Waals surface area contributed by atoms with Crippen LogP contribution in [0.15, 0.2) is 0 Å². The molecule has 0 rings (SSSR count). The zero-order valence-corrected chi connectivity index (χ0v) is 20.6. The van der Waals surface area contributed by atoms with E-state index in [9.17, 15) is 18.1 Å². The molecule has 0 fully saturated rings. The molecule has 0 spiro atoms. The Morgan fingerprint density at radius 2 is 1.08 bits per heavy atom. The molecule has 0 aliphatic rings. The van der Waals surface area contributed by atoms with Crippen LogP contribution >= 0.6 is 0 Å². The molecule has 0 aromatic carbocycles. The van der Waals surface area contributed by atoms with Crippen molar-refractivity contribution in [1.29, 1.82) is 0 Å². The van der Waals surface area contributed by atoms with E-state index in [4.69, 9.17) is 0 Å². The Morgan fingerprint density at radius 1 is 0.720 bits per heavy atom. The van der Waals surface area contributed by atoms with Crippen LogP contribution in [0.2, 0.25) is 0 Å². The van der Waals surface area contributed by atoms with Crippen LogP contribution in [0.3, 0.4) is 0 Å².